The Morgan fingerprint density at radius 2 is 2.38 bits per heavy atom. The number of likely N-dealkylation sites (N-methyl/N-ethyl adjacent to an activating group) is 1. The summed E-state index contributed by atoms with van der Waals surface area (Å²) in [6.45, 7) is 6.22. The maximum atomic E-state index is 5.39. The van der Waals surface area contributed by atoms with E-state index in [0.29, 0.717) is 6.54 Å². The van der Waals surface area contributed by atoms with Gasteiger partial charge < -0.3 is 11.1 Å². The number of hydrogen-bond acceptors (Lipinski definition) is 2. The Hall–Kier alpha value is -0.340. The molecule has 3 N–H and O–H groups in total. The maximum absolute atomic E-state index is 5.39. The second-order valence-electron chi connectivity index (χ2n) is 2.08. The molecule has 0 radical (unpaired) electrons. The van der Waals surface area contributed by atoms with Gasteiger partial charge >= 0.3 is 0 Å². The topological polar surface area (TPSA) is 38.0 Å². The predicted octanol–water partition coefficient (Wildman–Crippen LogP) is 0.109. The third-order valence-corrected chi connectivity index (χ3v) is 1.45. The average molecular weight is 114 g/mol. The fourth-order valence-corrected chi connectivity index (χ4v) is 0.287. The third kappa shape index (κ3) is 1.64. The van der Waals surface area contributed by atoms with Crippen LogP contribution in [0, 0.1) is 0 Å². The number of nitrogens with two attached hydrogens (primary N) is 1. The fourth-order valence-electron chi connectivity index (χ4n) is 0.287. The Kier molecular flexibility index (Phi) is 2.72. The zero-order valence-electron chi connectivity index (χ0n) is 5.57. The van der Waals surface area contributed by atoms with Crippen LogP contribution in [-0.4, -0.2) is 19.1 Å². The molecule has 0 heterocycles. The second kappa shape index (κ2) is 2.84. The van der Waals surface area contributed by atoms with Crippen LogP contribution in [0.5, 0.6) is 0 Å². The molecule has 0 saturated carbocycles. The summed E-state index contributed by atoms with van der Waals surface area (Å²) < 4.78 is 0. The van der Waals surface area contributed by atoms with Crippen molar-refractivity contribution in [2.75, 3.05) is 13.6 Å². The van der Waals surface area contributed by atoms with Crippen molar-refractivity contribution < 1.29 is 0 Å². The molecule has 2 nitrogen and oxygen atoms in total. The summed E-state index contributed by atoms with van der Waals surface area (Å²) >= 11 is 0. The molecule has 0 aliphatic carbocycles. The Labute approximate surface area is 50.8 Å². The van der Waals surface area contributed by atoms with E-state index in [4.69, 9.17) is 5.73 Å². The minimum absolute atomic E-state index is 0.0833. The summed E-state index contributed by atoms with van der Waals surface area (Å²) in [5.74, 6) is 0. The first-order valence-corrected chi connectivity index (χ1v) is 2.71. The minimum Gasteiger partial charge on any atom is -0.328 e. The van der Waals surface area contributed by atoms with Crippen LogP contribution in [0.4, 0.5) is 0 Å². The van der Waals surface area contributed by atoms with Crippen molar-refractivity contribution in [2.45, 2.75) is 12.5 Å². The highest BCUT2D eigenvalue weighted by molar-refractivity contribution is 4.98. The number of hydrogen-bond donors (Lipinski definition) is 2. The van der Waals surface area contributed by atoms with E-state index in [9.17, 15) is 0 Å². The van der Waals surface area contributed by atoms with Crippen LogP contribution in [0.25, 0.3) is 0 Å². The SMILES string of the molecule is C=C[C@@](C)(CN)NC. The van der Waals surface area contributed by atoms with Crippen molar-refractivity contribution in [3.8, 4) is 0 Å². The van der Waals surface area contributed by atoms with Gasteiger partial charge in [-0.15, -0.1) is 6.58 Å². The molecule has 0 unspecified atom stereocenters. The van der Waals surface area contributed by atoms with Gasteiger partial charge in [0.2, 0.25) is 0 Å². The summed E-state index contributed by atoms with van der Waals surface area (Å²) in [4.78, 5) is 0. The molecule has 0 amide bonds. The predicted molar refractivity (Wildman–Crippen MR) is 36.7 cm³/mol. The molecule has 0 aromatic heterocycles. The van der Waals surface area contributed by atoms with E-state index >= 15 is 0 Å². The fraction of sp³-hybridized carbons (Fsp3) is 0.667. The van der Waals surface area contributed by atoms with Crippen molar-refractivity contribution >= 4 is 0 Å². The second-order valence-corrected chi connectivity index (χ2v) is 2.08. The maximum Gasteiger partial charge on any atom is 0.0454 e. The molecule has 8 heavy (non-hydrogen) atoms. The van der Waals surface area contributed by atoms with Gasteiger partial charge in [0.15, 0.2) is 0 Å². The highest BCUT2D eigenvalue weighted by atomic mass is 14.9. The number of rotatable bonds is 3. The van der Waals surface area contributed by atoms with E-state index in [1.165, 1.54) is 0 Å². The standard InChI is InChI=1S/C6H14N2/c1-4-6(2,5-7)8-3/h4,8H,1,5,7H2,2-3H3/t6-/m0/s1. The lowest BCUT2D eigenvalue weighted by molar-refractivity contribution is 0.491. The van der Waals surface area contributed by atoms with Gasteiger partial charge in [-0.25, -0.2) is 0 Å². The average Bonchev–Trinajstić information content (AvgIpc) is 1.87. The number of nitrogens with one attached hydrogen (secondary N) is 1. The molecule has 0 aromatic carbocycles. The Bertz CT molecular complexity index is 74.6. The first-order chi connectivity index (χ1) is 3.68. The minimum atomic E-state index is -0.0833. The molecule has 2 heteroatoms. The summed E-state index contributed by atoms with van der Waals surface area (Å²) in [6.07, 6.45) is 1.81. The molecule has 0 aromatic rings. The van der Waals surface area contributed by atoms with Crippen LogP contribution in [-0.2, 0) is 0 Å². The first-order valence-electron chi connectivity index (χ1n) is 2.71. The highest BCUT2D eigenvalue weighted by Gasteiger charge is 2.12. The van der Waals surface area contributed by atoms with Crippen molar-refractivity contribution in [1.29, 1.82) is 0 Å². The van der Waals surface area contributed by atoms with Crippen LogP contribution < -0.4 is 11.1 Å². The van der Waals surface area contributed by atoms with Gasteiger partial charge in [-0.2, -0.15) is 0 Å². The van der Waals surface area contributed by atoms with Crippen LogP contribution in [0.2, 0.25) is 0 Å². The van der Waals surface area contributed by atoms with Crippen molar-refractivity contribution in [2.24, 2.45) is 5.73 Å². The molecule has 0 fully saturated rings. The van der Waals surface area contributed by atoms with E-state index in [1.54, 1.807) is 0 Å². The normalized spacial score (nSPS) is 17.4. The molecule has 0 spiro atoms. The molecule has 0 aliphatic rings. The zero-order valence-corrected chi connectivity index (χ0v) is 5.57. The van der Waals surface area contributed by atoms with Crippen molar-refractivity contribution in [3.63, 3.8) is 0 Å². The largest absolute Gasteiger partial charge is 0.328 e. The Morgan fingerprint density at radius 1 is 1.88 bits per heavy atom. The lowest BCUT2D eigenvalue weighted by atomic mass is 10.0. The van der Waals surface area contributed by atoms with Crippen LogP contribution in [0.15, 0.2) is 12.7 Å². The molecular formula is C6H14N2. The van der Waals surface area contributed by atoms with Crippen LogP contribution >= 0.6 is 0 Å². The van der Waals surface area contributed by atoms with Gasteiger partial charge in [-0.1, -0.05) is 6.08 Å². The molecular weight excluding hydrogens is 100 g/mol. The van der Waals surface area contributed by atoms with Gasteiger partial charge in [-0.05, 0) is 14.0 Å². The van der Waals surface area contributed by atoms with E-state index < -0.39 is 0 Å². The Balaban J connectivity index is 3.76. The van der Waals surface area contributed by atoms with E-state index in [-0.39, 0.29) is 5.54 Å². The van der Waals surface area contributed by atoms with Crippen molar-refractivity contribution in [1.82, 2.24) is 5.32 Å². The highest BCUT2D eigenvalue weighted by Crippen LogP contribution is 1.98. The van der Waals surface area contributed by atoms with Crippen LogP contribution in [0.1, 0.15) is 6.92 Å². The molecule has 0 rings (SSSR count). The summed E-state index contributed by atoms with van der Waals surface area (Å²) in [5.41, 5.74) is 5.31. The third-order valence-electron chi connectivity index (χ3n) is 1.45. The lowest BCUT2D eigenvalue weighted by Crippen LogP contribution is -2.44. The van der Waals surface area contributed by atoms with Gasteiger partial charge in [0, 0.05) is 12.1 Å². The van der Waals surface area contributed by atoms with Gasteiger partial charge in [-0.3, -0.25) is 0 Å². The van der Waals surface area contributed by atoms with Gasteiger partial charge in [0.1, 0.15) is 0 Å². The van der Waals surface area contributed by atoms with Crippen molar-refractivity contribution in [3.05, 3.63) is 12.7 Å². The van der Waals surface area contributed by atoms with E-state index in [2.05, 4.69) is 11.9 Å². The molecule has 1 atom stereocenters. The van der Waals surface area contributed by atoms with E-state index in [0.717, 1.165) is 0 Å². The smallest absolute Gasteiger partial charge is 0.0454 e. The van der Waals surface area contributed by atoms with E-state index in [1.807, 2.05) is 20.0 Å². The lowest BCUT2D eigenvalue weighted by Gasteiger charge is -2.21. The van der Waals surface area contributed by atoms with Crippen LogP contribution in [0.3, 0.4) is 0 Å². The van der Waals surface area contributed by atoms with Gasteiger partial charge in [0.25, 0.3) is 0 Å². The molecule has 0 aliphatic heterocycles. The molecule has 48 valence electrons. The zero-order chi connectivity index (χ0) is 6.62. The molecule has 0 saturated heterocycles. The Morgan fingerprint density at radius 3 is 2.38 bits per heavy atom. The van der Waals surface area contributed by atoms with Gasteiger partial charge in [0.05, 0.1) is 0 Å². The summed E-state index contributed by atoms with van der Waals surface area (Å²) in [7, 11) is 1.87. The molecule has 0 bridgehead atoms. The summed E-state index contributed by atoms with van der Waals surface area (Å²) in [6, 6.07) is 0. The summed E-state index contributed by atoms with van der Waals surface area (Å²) in [5, 5.41) is 3.03. The monoisotopic (exact) mass is 114 g/mol. The first kappa shape index (κ1) is 7.66. The quantitative estimate of drug-likeness (QED) is 0.511.